The van der Waals surface area contributed by atoms with Gasteiger partial charge in [-0.3, -0.25) is 14.5 Å². The Kier molecular flexibility index (Phi) is 8.09. The lowest BCUT2D eigenvalue weighted by Gasteiger charge is -2.24. The number of para-hydroxylation sites is 1. The molecule has 1 fully saturated rings. The van der Waals surface area contributed by atoms with Crippen molar-refractivity contribution in [3.05, 3.63) is 101 Å². The molecule has 1 aromatic heterocycles. The fourth-order valence-electron chi connectivity index (χ4n) is 5.25. The molecule has 41 heavy (non-hydrogen) atoms. The summed E-state index contributed by atoms with van der Waals surface area (Å²) < 4.78 is 21.3. The molecule has 6 rings (SSSR count). The van der Waals surface area contributed by atoms with Crippen LogP contribution in [0.15, 0.2) is 78.9 Å². The number of hydrogen-bond donors (Lipinski definition) is 1. The van der Waals surface area contributed by atoms with E-state index in [0.29, 0.717) is 35.4 Å². The second-order valence-corrected chi connectivity index (χ2v) is 11.5. The van der Waals surface area contributed by atoms with Crippen LogP contribution in [0.5, 0.6) is 0 Å². The molecule has 4 aromatic rings. The van der Waals surface area contributed by atoms with E-state index in [0.717, 1.165) is 29.5 Å². The van der Waals surface area contributed by atoms with Crippen LogP contribution in [0, 0.1) is 5.82 Å². The second-order valence-electron chi connectivity index (χ2n) is 9.98. The number of halogens is 2. The number of nitrogens with zero attached hydrogens (tertiary/aromatic N) is 3. The fraction of sp³-hybridized carbons (Fsp3) is 0.258. The predicted octanol–water partition coefficient (Wildman–Crippen LogP) is 5.80. The Hall–Kier alpha value is -3.66. The van der Waals surface area contributed by atoms with Gasteiger partial charge in [-0.1, -0.05) is 66.2 Å². The van der Waals surface area contributed by atoms with Gasteiger partial charge in [0, 0.05) is 24.3 Å². The smallest absolute Gasteiger partial charge is 0.240 e. The molecule has 0 spiro atoms. The lowest BCUT2D eigenvalue weighted by atomic mass is 9.99. The van der Waals surface area contributed by atoms with Crippen LogP contribution in [0.1, 0.15) is 29.2 Å². The first-order chi connectivity index (χ1) is 20.0. The highest BCUT2D eigenvalue weighted by molar-refractivity contribution is 8.00. The van der Waals surface area contributed by atoms with Gasteiger partial charge in [0.1, 0.15) is 18.2 Å². The Bertz CT molecular complexity index is 1560. The third-order valence-corrected chi connectivity index (χ3v) is 8.82. The molecular formula is C31H28ClFN4O3S. The average Bonchev–Trinajstić information content (AvgIpc) is 3.62. The van der Waals surface area contributed by atoms with Crippen LogP contribution in [0.3, 0.4) is 0 Å². The van der Waals surface area contributed by atoms with Crippen LogP contribution in [0.25, 0.3) is 16.9 Å². The Morgan fingerprint density at radius 2 is 1.83 bits per heavy atom. The third kappa shape index (κ3) is 5.75. The van der Waals surface area contributed by atoms with Crippen LogP contribution < -0.4 is 10.2 Å². The molecule has 10 heteroatoms. The Morgan fingerprint density at radius 1 is 1.07 bits per heavy atom. The molecular weight excluding hydrogens is 563 g/mol. The Morgan fingerprint density at radius 3 is 2.56 bits per heavy atom. The second kappa shape index (κ2) is 12.1. The molecule has 2 amide bonds. The number of fused-ring (bicyclic) bond motifs is 1. The van der Waals surface area contributed by atoms with Crippen LogP contribution in [0.2, 0.25) is 5.02 Å². The SMILES string of the molecule is O=C(CN1C(=O)CS[C@H](c2ccc(F)cc2)c2c(-c3ccccc3)nn(-c3ccccc3Cl)c21)NC[C@H]1CCCO1. The van der Waals surface area contributed by atoms with E-state index < -0.39 is 0 Å². The van der Waals surface area contributed by atoms with E-state index >= 15 is 0 Å². The molecule has 0 saturated carbocycles. The first kappa shape index (κ1) is 27.5. The standard InChI is InChI=1S/C31H28ClFN4O3S/c32-24-10-4-5-11-25(24)37-31-28(29(35-37)20-7-2-1-3-8-20)30(21-12-14-22(33)15-13-21)41-19-27(39)36(31)18-26(38)34-17-23-9-6-16-40-23/h1-5,7-8,10-15,23,30H,6,9,16-19H2,(H,34,38)/t23-,30-/m1/s1. The number of benzene rings is 3. The number of aromatic nitrogens is 2. The first-order valence-electron chi connectivity index (χ1n) is 13.5. The molecule has 3 heterocycles. The summed E-state index contributed by atoms with van der Waals surface area (Å²) in [6.45, 7) is 0.884. The van der Waals surface area contributed by atoms with E-state index in [1.165, 1.54) is 28.8 Å². The molecule has 0 aliphatic carbocycles. The fourth-order valence-corrected chi connectivity index (χ4v) is 6.67. The van der Waals surface area contributed by atoms with Gasteiger partial charge < -0.3 is 10.1 Å². The molecule has 2 aliphatic rings. The third-order valence-electron chi connectivity index (χ3n) is 7.24. The molecule has 0 unspecified atom stereocenters. The van der Waals surface area contributed by atoms with Crippen molar-refractivity contribution in [3.63, 3.8) is 0 Å². The minimum absolute atomic E-state index is 0.0221. The molecule has 0 bridgehead atoms. The summed E-state index contributed by atoms with van der Waals surface area (Å²) in [5.41, 5.74) is 3.66. The number of carbonyl (C=O) groups is 2. The number of ether oxygens (including phenoxy) is 1. The van der Waals surface area contributed by atoms with Gasteiger partial charge in [0.25, 0.3) is 0 Å². The van der Waals surface area contributed by atoms with E-state index in [4.69, 9.17) is 21.4 Å². The minimum Gasteiger partial charge on any atom is -0.376 e. The maximum atomic E-state index is 13.9. The van der Waals surface area contributed by atoms with Gasteiger partial charge in [-0.2, -0.15) is 5.10 Å². The summed E-state index contributed by atoms with van der Waals surface area (Å²) in [7, 11) is 0. The van der Waals surface area contributed by atoms with Gasteiger partial charge in [0.2, 0.25) is 11.8 Å². The monoisotopic (exact) mass is 590 g/mol. The van der Waals surface area contributed by atoms with Crippen LogP contribution in [-0.4, -0.2) is 53.1 Å². The number of amides is 2. The number of anilines is 1. The van der Waals surface area contributed by atoms with Gasteiger partial charge in [-0.25, -0.2) is 9.07 Å². The number of carbonyl (C=O) groups excluding carboxylic acids is 2. The topological polar surface area (TPSA) is 76.5 Å². The van der Waals surface area contributed by atoms with Crippen molar-refractivity contribution in [1.82, 2.24) is 15.1 Å². The van der Waals surface area contributed by atoms with E-state index in [9.17, 15) is 14.0 Å². The first-order valence-corrected chi connectivity index (χ1v) is 14.9. The molecule has 210 valence electrons. The summed E-state index contributed by atoms with van der Waals surface area (Å²) in [4.78, 5) is 28.5. The van der Waals surface area contributed by atoms with Gasteiger partial charge in [0.05, 0.1) is 33.5 Å². The highest BCUT2D eigenvalue weighted by Crippen LogP contribution is 2.48. The summed E-state index contributed by atoms with van der Waals surface area (Å²) in [5, 5.41) is 8.06. The summed E-state index contributed by atoms with van der Waals surface area (Å²) in [6.07, 6.45) is 1.84. The predicted molar refractivity (Wildman–Crippen MR) is 159 cm³/mol. The van der Waals surface area contributed by atoms with Crippen molar-refractivity contribution in [2.75, 3.05) is 30.3 Å². The number of hydrogen-bond acceptors (Lipinski definition) is 5. The van der Waals surface area contributed by atoms with E-state index in [1.54, 1.807) is 22.9 Å². The normalized spacial score (nSPS) is 18.7. The van der Waals surface area contributed by atoms with Gasteiger partial charge >= 0.3 is 0 Å². The molecule has 2 atom stereocenters. The maximum absolute atomic E-state index is 13.9. The van der Waals surface area contributed by atoms with E-state index in [1.807, 2.05) is 48.5 Å². The quantitative estimate of drug-likeness (QED) is 0.295. The van der Waals surface area contributed by atoms with Crippen molar-refractivity contribution in [2.45, 2.75) is 24.2 Å². The lowest BCUT2D eigenvalue weighted by molar-refractivity contribution is -0.123. The summed E-state index contributed by atoms with van der Waals surface area (Å²) >= 11 is 8.10. The maximum Gasteiger partial charge on any atom is 0.240 e. The van der Waals surface area contributed by atoms with Crippen LogP contribution in [0.4, 0.5) is 10.2 Å². The van der Waals surface area contributed by atoms with Crippen molar-refractivity contribution in [2.24, 2.45) is 0 Å². The van der Waals surface area contributed by atoms with Gasteiger partial charge in [-0.15, -0.1) is 11.8 Å². The highest BCUT2D eigenvalue weighted by atomic mass is 35.5. The average molecular weight is 591 g/mol. The molecule has 7 nitrogen and oxygen atoms in total. The summed E-state index contributed by atoms with van der Waals surface area (Å²) in [5.74, 6) is -0.289. The molecule has 1 saturated heterocycles. The summed E-state index contributed by atoms with van der Waals surface area (Å²) in [6, 6.07) is 23.2. The molecule has 0 radical (unpaired) electrons. The van der Waals surface area contributed by atoms with E-state index in [2.05, 4.69) is 5.32 Å². The highest BCUT2D eigenvalue weighted by Gasteiger charge is 2.38. The van der Waals surface area contributed by atoms with Crippen molar-refractivity contribution in [3.8, 4) is 16.9 Å². The van der Waals surface area contributed by atoms with Crippen molar-refractivity contribution >= 4 is 41.0 Å². The van der Waals surface area contributed by atoms with Gasteiger partial charge in [0.15, 0.2) is 0 Å². The molecule has 1 N–H and O–H groups in total. The largest absolute Gasteiger partial charge is 0.376 e. The number of rotatable bonds is 7. The van der Waals surface area contributed by atoms with Gasteiger partial charge in [-0.05, 0) is 42.7 Å². The zero-order valence-electron chi connectivity index (χ0n) is 22.1. The number of thioether (sulfide) groups is 1. The van der Waals surface area contributed by atoms with Crippen molar-refractivity contribution < 1.29 is 18.7 Å². The van der Waals surface area contributed by atoms with E-state index in [-0.39, 0.29) is 41.3 Å². The van der Waals surface area contributed by atoms with Crippen molar-refractivity contribution in [1.29, 1.82) is 0 Å². The zero-order valence-corrected chi connectivity index (χ0v) is 23.7. The Balaban J connectivity index is 1.52. The van der Waals surface area contributed by atoms with Crippen LogP contribution in [-0.2, 0) is 14.3 Å². The zero-order chi connectivity index (χ0) is 28.3. The molecule has 2 aliphatic heterocycles. The van der Waals surface area contributed by atoms with Crippen LogP contribution >= 0.6 is 23.4 Å². The molecule has 3 aromatic carbocycles. The number of nitrogens with one attached hydrogen (secondary N) is 1. The Labute approximate surface area is 246 Å². The minimum atomic E-state index is -0.360. The lowest BCUT2D eigenvalue weighted by Crippen LogP contribution is -2.44.